The third kappa shape index (κ3) is 5.47. The molecule has 0 aromatic heterocycles. The zero-order valence-electron chi connectivity index (χ0n) is 17.2. The summed E-state index contributed by atoms with van der Waals surface area (Å²) in [6.07, 6.45) is 1.74. The summed E-state index contributed by atoms with van der Waals surface area (Å²) in [7, 11) is 0. The molecule has 1 saturated heterocycles. The number of amides is 1. The standard InChI is InChI=1S/C25H17N3O4S/c26-14-18-4-1-2-5-19(18)15-32-21-10-8-16(9-11-21)12-22-23(29)28-25(33-22)27-20-7-3-6-17(13-20)24(30)31/h1-13H,15H2,(H,30,31)(H,27,28,29)/b22-12+. The Balaban J connectivity index is 1.43. The van der Waals surface area contributed by atoms with E-state index in [1.54, 1.807) is 36.4 Å². The lowest BCUT2D eigenvalue weighted by molar-refractivity contribution is -0.115. The molecule has 0 atom stereocenters. The lowest BCUT2D eigenvalue weighted by Crippen LogP contribution is -2.19. The van der Waals surface area contributed by atoms with Crippen molar-refractivity contribution in [3.05, 3.63) is 100.0 Å². The average molecular weight is 455 g/mol. The summed E-state index contributed by atoms with van der Waals surface area (Å²) in [5.41, 5.74) is 2.77. The first-order chi connectivity index (χ1) is 16.0. The van der Waals surface area contributed by atoms with Crippen LogP contribution in [0.3, 0.4) is 0 Å². The number of benzene rings is 3. The highest BCUT2D eigenvalue weighted by atomic mass is 32.2. The second-order valence-electron chi connectivity index (χ2n) is 6.96. The van der Waals surface area contributed by atoms with Crippen molar-refractivity contribution < 1.29 is 19.4 Å². The number of aliphatic imine (C=N–C) groups is 1. The summed E-state index contributed by atoms with van der Waals surface area (Å²) in [5, 5.41) is 21.3. The van der Waals surface area contributed by atoms with Gasteiger partial charge < -0.3 is 15.2 Å². The number of nitriles is 1. The second kappa shape index (κ2) is 9.85. The molecule has 0 spiro atoms. The van der Waals surface area contributed by atoms with Crippen LogP contribution in [0.4, 0.5) is 5.69 Å². The number of thioether (sulfide) groups is 1. The van der Waals surface area contributed by atoms with Crippen LogP contribution in [0.1, 0.15) is 27.0 Å². The molecule has 0 saturated carbocycles. The predicted octanol–water partition coefficient (Wildman–Crippen LogP) is 4.73. The number of amidine groups is 1. The van der Waals surface area contributed by atoms with Crippen LogP contribution in [-0.4, -0.2) is 22.2 Å². The summed E-state index contributed by atoms with van der Waals surface area (Å²) < 4.78 is 5.77. The number of carbonyl (C=O) groups excluding carboxylic acids is 1. The number of rotatable bonds is 6. The molecule has 1 aliphatic rings. The van der Waals surface area contributed by atoms with Gasteiger partial charge in [-0.05, 0) is 59.8 Å². The lowest BCUT2D eigenvalue weighted by atomic mass is 10.1. The molecule has 8 heteroatoms. The largest absolute Gasteiger partial charge is 0.489 e. The minimum atomic E-state index is -1.04. The number of hydrogen-bond acceptors (Lipinski definition) is 6. The first kappa shape index (κ1) is 21.9. The van der Waals surface area contributed by atoms with Crippen LogP contribution in [0.25, 0.3) is 6.08 Å². The highest BCUT2D eigenvalue weighted by Gasteiger charge is 2.23. The van der Waals surface area contributed by atoms with Crippen molar-refractivity contribution in [3.63, 3.8) is 0 Å². The normalized spacial score (nSPS) is 15.3. The molecule has 1 aliphatic heterocycles. The third-order valence-corrected chi connectivity index (χ3v) is 5.59. The van der Waals surface area contributed by atoms with Gasteiger partial charge >= 0.3 is 5.97 Å². The van der Waals surface area contributed by atoms with Gasteiger partial charge in [0.05, 0.1) is 27.8 Å². The van der Waals surface area contributed by atoms with Crippen molar-refractivity contribution in [3.8, 4) is 11.8 Å². The molecular formula is C25H17N3O4S. The summed E-state index contributed by atoms with van der Waals surface area (Å²) in [4.78, 5) is 28.2. The quantitative estimate of drug-likeness (QED) is 0.520. The van der Waals surface area contributed by atoms with Crippen molar-refractivity contribution in [1.82, 2.24) is 5.32 Å². The van der Waals surface area contributed by atoms with E-state index in [9.17, 15) is 9.59 Å². The van der Waals surface area contributed by atoms with Gasteiger partial charge in [-0.15, -0.1) is 0 Å². The Bertz CT molecular complexity index is 1320. The van der Waals surface area contributed by atoms with Gasteiger partial charge in [-0.3, -0.25) is 4.79 Å². The predicted molar refractivity (Wildman–Crippen MR) is 126 cm³/mol. The van der Waals surface area contributed by atoms with E-state index in [1.807, 2.05) is 30.3 Å². The van der Waals surface area contributed by atoms with Crippen LogP contribution in [0.5, 0.6) is 5.75 Å². The molecule has 7 nitrogen and oxygen atoms in total. The smallest absolute Gasteiger partial charge is 0.335 e. The summed E-state index contributed by atoms with van der Waals surface area (Å²) >= 11 is 1.18. The fraction of sp³-hybridized carbons (Fsp3) is 0.0400. The third-order valence-electron chi connectivity index (χ3n) is 4.68. The molecule has 1 amide bonds. The number of nitrogens with one attached hydrogen (secondary N) is 1. The van der Waals surface area contributed by atoms with E-state index in [0.29, 0.717) is 27.1 Å². The van der Waals surface area contributed by atoms with Gasteiger partial charge in [-0.1, -0.05) is 36.4 Å². The Labute approximate surface area is 194 Å². The Morgan fingerprint density at radius 2 is 1.91 bits per heavy atom. The molecule has 0 aliphatic carbocycles. The van der Waals surface area contributed by atoms with Crippen LogP contribution in [0.2, 0.25) is 0 Å². The van der Waals surface area contributed by atoms with Crippen LogP contribution in [-0.2, 0) is 11.4 Å². The van der Waals surface area contributed by atoms with Crippen molar-refractivity contribution in [2.45, 2.75) is 6.61 Å². The number of aromatic carboxylic acids is 1. The van der Waals surface area contributed by atoms with Crippen LogP contribution < -0.4 is 10.1 Å². The maximum atomic E-state index is 12.3. The van der Waals surface area contributed by atoms with Gasteiger partial charge in [-0.25, -0.2) is 9.79 Å². The first-order valence-corrected chi connectivity index (χ1v) is 10.7. The second-order valence-corrected chi connectivity index (χ2v) is 7.99. The minimum Gasteiger partial charge on any atom is -0.489 e. The number of nitrogens with zero attached hydrogens (tertiary/aromatic N) is 2. The lowest BCUT2D eigenvalue weighted by Gasteiger charge is -2.07. The summed E-state index contributed by atoms with van der Waals surface area (Å²) in [6.45, 7) is 0.283. The molecule has 33 heavy (non-hydrogen) atoms. The average Bonchev–Trinajstić information content (AvgIpc) is 3.17. The molecular weight excluding hydrogens is 438 g/mol. The van der Waals surface area contributed by atoms with Crippen LogP contribution in [0.15, 0.2) is 82.7 Å². The zero-order chi connectivity index (χ0) is 23.2. The van der Waals surface area contributed by atoms with E-state index in [4.69, 9.17) is 15.1 Å². The van der Waals surface area contributed by atoms with E-state index in [2.05, 4.69) is 16.4 Å². The van der Waals surface area contributed by atoms with Crippen molar-refractivity contribution >= 4 is 40.6 Å². The SMILES string of the molecule is N#Cc1ccccc1COc1ccc(/C=C2/SC(=Nc3cccc(C(=O)O)c3)NC2=O)cc1. The number of carboxylic acids is 1. The van der Waals surface area contributed by atoms with E-state index in [1.165, 1.54) is 23.9 Å². The van der Waals surface area contributed by atoms with Gasteiger partial charge in [0.25, 0.3) is 5.91 Å². The topological polar surface area (TPSA) is 112 Å². The number of carboxylic acid groups (broad SMARTS) is 1. The van der Waals surface area contributed by atoms with Gasteiger partial charge in [0.2, 0.25) is 0 Å². The molecule has 2 N–H and O–H groups in total. The monoisotopic (exact) mass is 455 g/mol. The molecule has 3 aromatic carbocycles. The Hall–Kier alpha value is -4.35. The Kier molecular flexibility index (Phi) is 6.53. The summed E-state index contributed by atoms with van der Waals surface area (Å²) in [6, 6.07) is 22.9. The molecule has 162 valence electrons. The maximum Gasteiger partial charge on any atom is 0.335 e. The summed E-state index contributed by atoms with van der Waals surface area (Å²) in [5.74, 6) is -0.669. The molecule has 1 heterocycles. The fourth-order valence-corrected chi connectivity index (χ4v) is 3.88. The first-order valence-electron chi connectivity index (χ1n) is 9.85. The van der Waals surface area contributed by atoms with E-state index < -0.39 is 5.97 Å². The van der Waals surface area contributed by atoms with Crippen LogP contribution in [0, 0.1) is 11.3 Å². The van der Waals surface area contributed by atoms with Gasteiger partial charge in [0, 0.05) is 5.56 Å². The molecule has 0 radical (unpaired) electrons. The zero-order valence-corrected chi connectivity index (χ0v) is 18.0. The fourth-order valence-electron chi connectivity index (χ4n) is 3.03. The molecule has 1 fully saturated rings. The van der Waals surface area contributed by atoms with Gasteiger partial charge in [0.1, 0.15) is 12.4 Å². The van der Waals surface area contributed by atoms with Crippen LogP contribution >= 0.6 is 11.8 Å². The number of ether oxygens (including phenoxy) is 1. The Morgan fingerprint density at radius 1 is 1.12 bits per heavy atom. The Morgan fingerprint density at radius 3 is 2.67 bits per heavy atom. The van der Waals surface area contributed by atoms with E-state index in [-0.39, 0.29) is 18.1 Å². The maximum absolute atomic E-state index is 12.3. The highest BCUT2D eigenvalue weighted by molar-refractivity contribution is 8.18. The van der Waals surface area contributed by atoms with E-state index >= 15 is 0 Å². The van der Waals surface area contributed by atoms with E-state index in [0.717, 1.165) is 11.1 Å². The highest BCUT2D eigenvalue weighted by Crippen LogP contribution is 2.29. The van der Waals surface area contributed by atoms with Crippen molar-refractivity contribution in [1.29, 1.82) is 5.26 Å². The number of hydrogen-bond donors (Lipinski definition) is 2. The number of carbonyl (C=O) groups is 2. The molecule has 4 rings (SSSR count). The molecule has 0 bridgehead atoms. The molecule has 3 aromatic rings. The van der Waals surface area contributed by atoms with Crippen molar-refractivity contribution in [2.24, 2.45) is 4.99 Å². The van der Waals surface area contributed by atoms with Gasteiger partial charge in [-0.2, -0.15) is 5.26 Å². The minimum absolute atomic E-state index is 0.125. The molecule has 0 unspecified atom stereocenters. The van der Waals surface area contributed by atoms with Gasteiger partial charge in [0.15, 0.2) is 5.17 Å². The van der Waals surface area contributed by atoms with Crippen molar-refractivity contribution in [2.75, 3.05) is 0 Å².